The lowest BCUT2D eigenvalue weighted by atomic mass is 10.5. The molecule has 0 aromatic rings. The molecule has 0 aromatic heterocycles. The van der Waals surface area contributed by atoms with Gasteiger partial charge in [0.2, 0.25) is 0 Å². The highest BCUT2D eigenvalue weighted by atomic mass is 35.5. The molecule has 2 nitrogen and oxygen atoms in total. The predicted octanol–water partition coefficient (Wildman–Crippen LogP) is 1.83. The molecule has 0 amide bonds. The second-order valence-corrected chi connectivity index (χ2v) is 2.32. The van der Waals surface area contributed by atoms with Crippen molar-refractivity contribution < 1.29 is 9.47 Å². The van der Waals surface area contributed by atoms with Crippen LogP contribution >= 0.6 is 11.6 Å². The molecule has 0 fully saturated rings. The second-order valence-electron chi connectivity index (χ2n) is 1.95. The summed E-state index contributed by atoms with van der Waals surface area (Å²) in [6.07, 6.45) is 3.92. The summed E-state index contributed by atoms with van der Waals surface area (Å²) in [5, 5.41) is 0. The van der Waals surface area contributed by atoms with Crippen molar-refractivity contribution in [1.29, 1.82) is 0 Å². The van der Waals surface area contributed by atoms with Gasteiger partial charge < -0.3 is 9.47 Å². The van der Waals surface area contributed by atoms with Crippen LogP contribution in [0.5, 0.6) is 0 Å². The molecule has 0 atom stereocenters. The van der Waals surface area contributed by atoms with Crippen LogP contribution < -0.4 is 0 Å². The van der Waals surface area contributed by atoms with Crippen LogP contribution in [0.4, 0.5) is 0 Å². The third-order valence-electron chi connectivity index (χ3n) is 1.04. The Morgan fingerprint density at radius 2 is 1.91 bits per heavy atom. The van der Waals surface area contributed by atoms with Crippen molar-refractivity contribution in [3.05, 3.63) is 12.2 Å². The topological polar surface area (TPSA) is 18.5 Å². The van der Waals surface area contributed by atoms with E-state index in [-0.39, 0.29) is 0 Å². The first-order valence-electron chi connectivity index (χ1n) is 3.74. The molecule has 3 heteroatoms. The summed E-state index contributed by atoms with van der Waals surface area (Å²) in [5.41, 5.74) is 0. The SMILES string of the molecule is CC=CCOCCOCCCl. The predicted molar refractivity (Wildman–Crippen MR) is 47.2 cm³/mol. The van der Waals surface area contributed by atoms with Gasteiger partial charge >= 0.3 is 0 Å². The molecule has 0 unspecified atom stereocenters. The third-order valence-corrected chi connectivity index (χ3v) is 1.20. The standard InChI is InChI=1S/C8H15ClO2/c1-2-3-5-10-7-8-11-6-4-9/h2-3H,4-8H2,1H3. The fraction of sp³-hybridized carbons (Fsp3) is 0.750. The van der Waals surface area contributed by atoms with E-state index in [4.69, 9.17) is 21.1 Å². The number of alkyl halides is 1. The Balaban J connectivity index is 2.79. The first-order chi connectivity index (χ1) is 5.41. The minimum atomic E-state index is 0.550. The lowest BCUT2D eigenvalue weighted by molar-refractivity contribution is 0.0652. The van der Waals surface area contributed by atoms with Gasteiger partial charge in [0, 0.05) is 5.88 Å². The van der Waals surface area contributed by atoms with Crippen molar-refractivity contribution in [3.63, 3.8) is 0 Å². The molecule has 0 aliphatic carbocycles. The van der Waals surface area contributed by atoms with Gasteiger partial charge in [-0.2, -0.15) is 0 Å². The van der Waals surface area contributed by atoms with Crippen LogP contribution in [0.3, 0.4) is 0 Å². The van der Waals surface area contributed by atoms with E-state index < -0.39 is 0 Å². The first kappa shape index (κ1) is 11.0. The fourth-order valence-electron chi connectivity index (χ4n) is 0.522. The van der Waals surface area contributed by atoms with Gasteiger partial charge in [0.15, 0.2) is 0 Å². The number of hydrogen-bond acceptors (Lipinski definition) is 2. The van der Waals surface area contributed by atoms with E-state index in [0.29, 0.717) is 32.3 Å². The third kappa shape index (κ3) is 9.95. The summed E-state index contributed by atoms with van der Waals surface area (Å²) in [6, 6.07) is 0. The molecule has 0 heterocycles. The Hall–Kier alpha value is -0.0500. The molecular formula is C8H15ClO2. The number of hydrogen-bond donors (Lipinski definition) is 0. The molecule has 0 N–H and O–H groups in total. The summed E-state index contributed by atoms with van der Waals surface area (Å²) in [7, 11) is 0. The minimum absolute atomic E-state index is 0.550. The van der Waals surface area contributed by atoms with Crippen LogP contribution in [0.15, 0.2) is 12.2 Å². The largest absolute Gasteiger partial charge is 0.378 e. The van der Waals surface area contributed by atoms with E-state index in [1.54, 1.807) is 0 Å². The van der Waals surface area contributed by atoms with Gasteiger partial charge in [-0.15, -0.1) is 11.6 Å². The van der Waals surface area contributed by atoms with Crippen LogP contribution in [-0.4, -0.2) is 32.3 Å². The van der Waals surface area contributed by atoms with E-state index in [9.17, 15) is 0 Å². The lowest BCUT2D eigenvalue weighted by Gasteiger charge is -2.01. The van der Waals surface area contributed by atoms with Gasteiger partial charge in [-0.05, 0) is 6.92 Å². The molecule has 66 valence electrons. The smallest absolute Gasteiger partial charge is 0.0704 e. The number of rotatable bonds is 7. The van der Waals surface area contributed by atoms with Gasteiger partial charge in [-0.1, -0.05) is 12.2 Å². The lowest BCUT2D eigenvalue weighted by Crippen LogP contribution is -2.05. The van der Waals surface area contributed by atoms with Crippen LogP contribution in [0.1, 0.15) is 6.92 Å². The van der Waals surface area contributed by atoms with E-state index in [1.807, 2.05) is 19.1 Å². The van der Waals surface area contributed by atoms with Crippen LogP contribution in [0, 0.1) is 0 Å². The van der Waals surface area contributed by atoms with E-state index in [0.717, 1.165) is 0 Å². The first-order valence-corrected chi connectivity index (χ1v) is 4.28. The van der Waals surface area contributed by atoms with Crippen LogP contribution in [0.2, 0.25) is 0 Å². The highest BCUT2D eigenvalue weighted by molar-refractivity contribution is 6.17. The monoisotopic (exact) mass is 178 g/mol. The van der Waals surface area contributed by atoms with E-state index in [1.165, 1.54) is 0 Å². The van der Waals surface area contributed by atoms with Gasteiger partial charge in [0.25, 0.3) is 0 Å². The summed E-state index contributed by atoms with van der Waals surface area (Å²) in [5.74, 6) is 0.550. The Labute approximate surface area is 73.1 Å². The molecule has 0 aliphatic heterocycles. The fourth-order valence-corrected chi connectivity index (χ4v) is 0.631. The average Bonchev–Trinajstić information content (AvgIpc) is 2.03. The molecule has 0 saturated heterocycles. The highest BCUT2D eigenvalue weighted by Gasteiger charge is 1.85. The molecule has 0 bridgehead atoms. The van der Waals surface area contributed by atoms with Gasteiger partial charge in [0.1, 0.15) is 0 Å². The molecule has 0 rings (SSSR count). The normalized spacial score (nSPS) is 11.1. The maximum Gasteiger partial charge on any atom is 0.0704 e. The molecule has 0 aromatic carbocycles. The zero-order chi connectivity index (χ0) is 8.36. The van der Waals surface area contributed by atoms with Crippen molar-refractivity contribution in [3.8, 4) is 0 Å². The zero-order valence-electron chi connectivity index (χ0n) is 6.88. The number of halogens is 1. The van der Waals surface area contributed by atoms with Crippen LogP contribution in [0.25, 0.3) is 0 Å². The summed E-state index contributed by atoms with van der Waals surface area (Å²) < 4.78 is 10.2. The van der Waals surface area contributed by atoms with E-state index >= 15 is 0 Å². The van der Waals surface area contributed by atoms with E-state index in [2.05, 4.69) is 0 Å². The number of allylic oxidation sites excluding steroid dienone is 1. The summed E-state index contributed by atoms with van der Waals surface area (Å²) in [4.78, 5) is 0. The molecule has 0 radical (unpaired) electrons. The average molecular weight is 179 g/mol. The molecule has 0 aliphatic rings. The van der Waals surface area contributed by atoms with Gasteiger partial charge in [0.05, 0.1) is 26.4 Å². The molecule has 0 saturated carbocycles. The Morgan fingerprint density at radius 3 is 2.55 bits per heavy atom. The highest BCUT2D eigenvalue weighted by Crippen LogP contribution is 1.81. The summed E-state index contributed by atoms with van der Waals surface area (Å²) in [6.45, 7) is 4.51. The minimum Gasteiger partial charge on any atom is -0.378 e. The van der Waals surface area contributed by atoms with Crippen molar-refractivity contribution in [2.24, 2.45) is 0 Å². The number of ether oxygens (including phenoxy) is 2. The Morgan fingerprint density at radius 1 is 1.18 bits per heavy atom. The van der Waals surface area contributed by atoms with Crippen molar-refractivity contribution in [1.82, 2.24) is 0 Å². The van der Waals surface area contributed by atoms with Crippen molar-refractivity contribution >= 4 is 11.6 Å². The van der Waals surface area contributed by atoms with Crippen LogP contribution in [-0.2, 0) is 9.47 Å². The van der Waals surface area contributed by atoms with Gasteiger partial charge in [-0.25, -0.2) is 0 Å². The van der Waals surface area contributed by atoms with Gasteiger partial charge in [-0.3, -0.25) is 0 Å². The van der Waals surface area contributed by atoms with Crippen molar-refractivity contribution in [2.45, 2.75) is 6.92 Å². The second kappa shape index (κ2) is 9.95. The molecule has 11 heavy (non-hydrogen) atoms. The molecule has 0 spiro atoms. The van der Waals surface area contributed by atoms with Crippen molar-refractivity contribution in [2.75, 3.05) is 32.3 Å². The zero-order valence-corrected chi connectivity index (χ0v) is 7.64. The maximum atomic E-state index is 5.39. The quantitative estimate of drug-likeness (QED) is 0.337. The summed E-state index contributed by atoms with van der Waals surface area (Å²) >= 11 is 5.39. The Kier molecular flexibility index (Phi) is 9.90. The Bertz CT molecular complexity index is 94.1. The molecular weight excluding hydrogens is 164 g/mol. The maximum absolute atomic E-state index is 5.39.